The number of halogens is 3. The van der Waals surface area contributed by atoms with Crippen molar-refractivity contribution in [1.29, 1.82) is 0 Å². The van der Waals surface area contributed by atoms with Crippen LogP contribution < -0.4 is 10.3 Å². The van der Waals surface area contributed by atoms with E-state index in [9.17, 15) is 13.6 Å². The van der Waals surface area contributed by atoms with Crippen molar-refractivity contribution in [3.05, 3.63) is 98.4 Å². The Morgan fingerprint density at radius 2 is 1.78 bits per heavy atom. The van der Waals surface area contributed by atoms with Crippen molar-refractivity contribution >= 4 is 11.6 Å². The van der Waals surface area contributed by atoms with Crippen molar-refractivity contribution in [3.63, 3.8) is 0 Å². The molecular formula is C27H25ClF2N4O2. The fourth-order valence-electron chi connectivity index (χ4n) is 3.64. The maximum absolute atomic E-state index is 14.0. The van der Waals surface area contributed by atoms with Crippen molar-refractivity contribution in [1.82, 2.24) is 19.5 Å². The molecule has 4 rings (SSSR count). The summed E-state index contributed by atoms with van der Waals surface area (Å²) in [6, 6.07) is 8.39. The minimum Gasteiger partial charge on any atom is -0.488 e. The van der Waals surface area contributed by atoms with Gasteiger partial charge in [0.1, 0.15) is 29.8 Å². The molecule has 0 atom stereocenters. The molecule has 4 aromatic rings. The Labute approximate surface area is 212 Å². The van der Waals surface area contributed by atoms with Crippen LogP contribution in [0.3, 0.4) is 0 Å². The van der Waals surface area contributed by atoms with Crippen molar-refractivity contribution in [3.8, 4) is 22.8 Å². The molecule has 186 valence electrons. The van der Waals surface area contributed by atoms with Gasteiger partial charge in [0, 0.05) is 41.2 Å². The maximum Gasteiger partial charge on any atom is 0.261 e. The lowest BCUT2D eigenvalue weighted by molar-refractivity contribution is 0.296. The lowest BCUT2D eigenvalue weighted by Gasteiger charge is -2.18. The van der Waals surface area contributed by atoms with Crippen LogP contribution in [0.1, 0.15) is 43.4 Å². The van der Waals surface area contributed by atoms with Gasteiger partial charge in [0.05, 0.1) is 27.7 Å². The van der Waals surface area contributed by atoms with Crippen LogP contribution in [0.5, 0.6) is 5.75 Å². The Bertz CT molecular complexity index is 1510. The molecule has 36 heavy (non-hydrogen) atoms. The van der Waals surface area contributed by atoms with E-state index < -0.39 is 11.6 Å². The molecule has 0 aliphatic rings. The van der Waals surface area contributed by atoms with E-state index >= 15 is 0 Å². The van der Waals surface area contributed by atoms with Crippen LogP contribution >= 0.6 is 11.6 Å². The summed E-state index contributed by atoms with van der Waals surface area (Å²) in [5.74, 6) is -0.417. The third-order valence-electron chi connectivity index (χ3n) is 5.65. The van der Waals surface area contributed by atoms with Crippen LogP contribution in [0.25, 0.3) is 17.1 Å². The third kappa shape index (κ3) is 5.14. The number of nitrogens with zero attached hydrogens (tertiary/aromatic N) is 4. The topological polar surface area (TPSA) is 69.9 Å². The second-order valence-corrected chi connectivity index (χ2v) is 9.88. The SMILES string of the molecule is Cc1c(OCc2ccc(F)cc2F)cc(C)n(-c2cc(-c3ccnc(C(C)(C)C)n3)ncc2Cl)c1=O. The van der Waals surface area contributed by atoms with Crippen LogP contribution in [-0.2, 0) is 12.0 Å². The minimum atomic E-state index is -0.715. The first-order valence-corrected chi connectivity index (χ1v) is 11.6. The van der Waals surface area contributed by atoms with Crippen LogP contribution in [0, 0.1) is 25.5 Å². The standard InChI is InChI=1S/C27H25ClF2N4O2/c1-15-10-24(36-14-17-6-7-18(29)11-20(17)30)16(2)25(35)34(15)23-12-22(32-13-19(23)28)21-8-9-31-26(33-21)27(3,4)5/h6-13H,14H2,1-5H3. The van der Waals surface area contributed by atoms with Gasteiger partial charge in [-0.3, -0.25) is 14.3 Å². The molecule has 0 fully saturated rings. The first kappa shape index (κ1) is 25.4. The Balaban J connectivity index is 1.72. The predicted molar refractivity (Wildman–Crippen MR) is 135 cm³/mol. The fourth-order valence-corrected chi connectivity index (χ4v) is 3.83. The van der Waals surface area contributed by atoms with E-state index in [0.717, 1.165) is 12.1 Å². The highest BCUT2D eigenvalue weighted by Crippen LogP contribution is 2.28. The molecule has 0 aliphatic carbocycles. The average Bonchev–Trinajstić information content (AvgIpc) is 2.82. The van der Waals surface area contributed by atoms with E-state index in [0.29, 0.717) is 39.9 Å². The molecule has 3 heterocycles. The predicted octanol–water partition coefficient (Wildman–Crippen LogP) is 6.11. The minimum absolute atomic E-state index is 0.153. The first-order valence-electron chi connectivity index (χ1n) is 11.3. The number of aromatic nitrogens is 4. The van der Waals surface area contributed by atoms with E-state index in [4.69, 9.17) is 16.3 Å². The summed E-state index contributed by atoms with van der Waals surface area (Å²) in [7, 11) is 0. The van der Waals surface area contributed by atoms with E-state index in [1.807, 2.05) is 20.8 Å². The summed E-state index contributed by atoms with van der Waals surface area (Å²) < 4.78 is 34.4. The summed E-state index contributed by atoms with van der Waals surface area (Å²) in [5.41, 5.74) is 2.05. The zero-order valence-electron chi connectivity index (χ0n) is 20.6. The highest BCUT2D eigenvalue weighted by molar-refractivity contribution is 6.32. The molecule has 0 bridgehead atoms. The van der Waals surface area contributed by atoms with Crippen LogP contribution in [0.2, 0.25) is 5.02 Å². The number of benzene rings is 1. The van der Waals surface area contributed by atoms with Gasteiger partial charge >= 0.3 is 0 Å². The van der Waals surface area contributed by atoms with Gasteiger partial charge in [0.15, 0.2) is 0 Å². The van der Waals surface area contributed by atoms with Crippen molar-refractivity contribution < 1.29 is 13.5 Å². The van der Waals surface area contributed by atoms with E-state index in [1.165, 1.54) is 16.8 Å². The summed E-state index contributed by atoms with van der Waals surface area (Å²) in [5, 5.41) is 0.288. The smallest absolute Gasteiger partial charge is 0.261 e. The molecular weight excluding hydrogens is 486 g/mol. The fraction of sp³-hybridized carbons (Fsp3) is 0.259. The lowest BCUT2D eigenvalue weighted by atomic mass is 9.95. The quantitative estimate of drug-likeness (QED) is 0.324. The molecule has 1 aromatic carbocycles. The molecule has 0 unspecified atom stereocenters. The third-order valence-corrected chi connectivity index (χ3v) is 5.94. The Morgan fingerprint density at radius 3 is 2.47 bits per heavy atom. The maximum atomic E-state index is 14.0. The number of hydrogen-bond donors (Lipinski definition) is 0. The summed E-state index contributed by atoms with van der Waals surface area (Å²) in [6.45, 7) is 9.27. The number of ether oxygens (including phenoxy) is 1. The van der Waals surface area contributed by atoms with Gasteiger partial charge in [-0.05, 0) is 38.1 Å². The molecule has 0 saturated carbocycles. The number of pyridine rings is 2. The average molecular weight is 511 g/mol. The molecule has 3 aromatic heterocycles. The molecule has 6 nitrogen and oxygen atoms in total. The van der Waals surface area contributed by atoms with Gasteiger partial charge in [-0.1, -0.05) is 32.4 Å². The molecule has 0 aliphatic heterocycles. The zero-order valence-corrected chi connectivity index (χ0v) is 21.3. The van der Waals surface area contributed by atoms with E-state index in [1.54, 1.807) is 38.2 Å². The van der Waals surface area contributed by atoms with Crippen molar-refractivity contribution in [2.24, 2.45) is 0 Å². The summed E-state index contributed by atoms with van der Waals surface area (Å²) >= 11 is 6.47. The highest BCUT2D eigenvalue weighted by atomic mass is 35.5. The van der Waals surface area contributed by atoms with Crippen LogP contribution in [-0.4, -0.2) is 19.5 Å². The second-order valence-electron chi connectivity index (χ2n) is 9.48. The van der Waals surface area contributed by atoms with Gasteiger partial charge in [-0.2, -0.15) is 0 Å². The molecule has 0 N–H and O–H groups in total. The summed E-state index contributed by atoms with van der Waals surface area (Å²) in [6.07, 6.45) is 3.16. The number of aryl methyl sites for hydroxylation is 1. The molecule has 0 spiro atoms. The largest absolute Gasteiger partial charge is 0.488 e. The van der Waals surface area contributed by atoms with Gasteiger partial charge < -0.3 is 4.74 Å². The summed E-state index contributed by atoms with van der Waals surface area (Å²) in [4.78, 5) is 26.8. The monoisotopic (exact) mass is 510 g/mol. The van der Waals surface area contributed by atoms with Gasteiger partial charge in [0.2, 0.25) is 0 Å². The van der Waals surface area contributed by atoms with Gasteiger partial charge in [-0.15, -0.1) is 0 Å². The Kier molecular flexibility index (Phi) is 6.91. The number of rotatable bonds is 5. The van der Waals surface area contributed by atoms with E-state index in [2.05, 4.69) is 15.0 Å². The first-order chi connectivity index (χ1) is 17.0. The molecule has 9 heteroatoms. The molecule has 0 amide bonds. The number of hydrogen-bond acceptors (Lipinski definition) is 5. The van der Waals surface area contributed by atoms with Gasteiger partial charge in [0.25, 0.3) is 5.56 Å². The molecule has 0 saturated heterocycles. The molecule has 0 radical (unpaired) electrons. The zero-order chi connectivity index (χ0) is 26.2. The highest BCUT2D eigenvalue weighted by Gasteiger charge is 2.20. The lowest BCUT2D eigenvalue weighted by Crippen LogP contribution is -2.24. The Morgan fingerprint density at radius 1 is 1.03 bits per heavy atom. The van der Waals surface area contributed by atoms with Gasteiger partial charge in [-0.25, -0.2) is 18.7 Å². The van der Waals surface area contributed by atoms with Crippen molar-refractivity contribution in [2.45, 2.75) is 46.6 Å². The van der Waals surface area contributed by atoms with Crippen molar-refractivity contribution in [2.75, 3.05) is 0 Å². The van der Waals surface area contributed by atoms with Crippen LogP contribution in [0.4, 0.5) is 8.78 Å². The van der Waals surface area contributed by atoms with Crippen LogP contribution in [0.15, 0.2) is 53.6 Å². The second kappa shape index (κ2) is 9.78. The normalized spacial score (nSPS) is 11.6. The van der Waals surface area contributed by atoms with E-state index in [-0.39, 0.29) is 28.2 Å². The Hall–Kier alpha value is -3.65.